The number of rotatable bonds is 41. The molecule has 0 radical (unpaired) electrons. The molecule has 6 heteroatoms. The lowest BCUT2D eigenvalue weighted by Crippen LogP contribution is -2.37. The minimum Gasteiger partial charge on any atom is -0.441 e. The highest BCUT2D eigenvalue weighted by molar-refractivity contribution is 5.67. The maximum absolute atomic E-state index is 12.4. The predicted octanol–water partition coefficient (Wildman–Crippen LogP) is 13.1. The molecule has 51 heavy (non-hydrogen) atoms. The molecule has 302 valence electrons. The Bertz CT molecular complexity index is 698. The molecule has 0 aliphatic heterocycles. The number of likely N-dealkylation sites (N-methyl/N-ethyl adjacent to an activating group) is 1. The highest BCUT2D eigenvalue weighted by atomic mass is 16.6. The van der Waals surface area contributed by atoms with Gasteiger partial charge in [0, 0.05) is 26.3 Å². The van der Waals surface area contributed by atoms with Crippen molar-refractivity contribution in [3.8, 4) is 0 Å². The van der Waals surface area contributed by atoms with E-state index in [-0.39, 0.29) is 12.2 Å². The second-order valence-electron chi connectivity index (χ2n) is 14.9. The van der Waals surface area contributed by atoms with Crippen molar-refractivity contribution in [1.29, 1.82) is 0 Å². The summed E-state index contributed by atoms with van der Waals surface area (Å²) in [4.78, 5) is 14.6. The third-order valence-corrected chi connectivity index (χ3v) is 9.78. The van der Waals surface area contributed by atoms with E-state index in [1.165, 1.54) is 167 Å². The number of hydrogen-bond donors (Lipinski definition) is 1. The number of nitrogens with one attached hydrogen (secondary N) is 1. The summed E-state index contributed by atoms with van der Waals surface area (Å²) in [5, 5.41) is 2.88. The van der Waals surface area contributed by atoms with Crippen molar-refractivity contribution in [2.45, 2.75) is 207 Å². The van der Waals surface area contributed by atoms with E-state index in [0.717, 1.165) is 25.9 Å². The van der Waals surface area contributed by atoms with Crippen LogP contribution in [0.15, 0.2) is 24.3 Å². The second-order valence-corrected chi connectivity index (χ2v) is 14.9. The van der Waals surface area contributed by atoms with Gasteiger partial charge in [-0.25, -0.2) is 4.79 Å². The second kappa shape index (κ2) is 43.0. The van der Waals surface area contributed by atoms with Crippen LogP contribution in [0.25, 0.3) is 0 Å². The highest BCUT2D eigenvalue weighted by Gasteiger charge is 2.15. The highest BCUT2D eigenvalue weighted by Crippen LogP contribution is 2.12. The van der Waals surface area contributed by atoms with Gasteiger partial charge in [-0.15, -0.1) is 0 Å². The van der Waals surface area contributed by atoms with Gasteiger partial charge in [0.05, 0.1) is 13.2 Å². The number of ether oxygens (including phenoxy) is 3. The summed E-state index contributed by atoms with van der Waals surface area (Å²) in [6.07, 6.45) is 45.2. The van der Waals surface area contributed by atoms with Gasteiger partial charge >= 0.3 is 6.09 Å². The molecule has 0 aromatic rings. The smallest absolute Gasteiger partial charge is 0.407 e. The summed E-state index contributed by atoms with van der Waals surface area (Å²) in [6, 6.07) is 0. The minimum absolute atomic E-state index is 0.378. The molecule has 0 aliphatic carbocycles. The molecular weight excluding hydrogens is 633 g/mol. The number of alkyl carbamates (subject to hydrolysis) is 1. The van der Waals surface area contributed by atoms with Crippen molar-refractivity contribution in [2.75, 3.05) is 53.1 Å². The van der Waals surface area contributed by atoms with Crippen molar-refractivity contribution in [3.63, 3.8) is 0 Å². The third kappa shape index (κ3) is 41.2. The van der Waals surface area contributed by atoms with Crippen LogP contribution in [0.5, 0.6) is 0 Å². The van der Waals surface area contributed by atoms with Gasteiger partial charge in [-0.1, -0.05) is 161 Å². The summed E-state index contributed by atoms with van der Waals surface area (Å²) in [5.74, 6) is 0. The van der Waals surface area contributed by atoms with Crippen LogP contribution in [0.4, 0.5) is 4.79 Å². The lowest BCUT2D eigenvalue weighted by atomic mass is 10.1. The number of amides is 1. The van der Waals surface area contributed by atoms with Gasteiger partial charge in [-0.05, 0) is 77.8 Å². The SMILES string of the molecule is CCCCCCCCC=CCCCCCCCCOCC(COCCCCCCCCC=CCCCCCCCC)OC(=O)NCCN(C)CC. The van der Waals surface area contributed by atoms with Gasteiger partial charge in [0.25, 0.3) is 0 Å². The fraction of sp³-hybridized carbons (Fsp3) is 0.889. The van der Waals surface area contributed by atoms with Crippen molar-refractivity contribution in [3.05, 3.63) is 24.3 Å². The largest absolute Gasteiger partial charge is 0.441 e. The molecule has 0 unspecified atom stereocenters. The first-order valence-corrected chi connectivity index (χ1v) is 22.2. The van der Waals surface area contributed by atoms with E-state index in [9.17, 15) is 4.79 Å². The van der Waals surface area contributed by atoms with E-state index in [2.05, 4.69) is 55.3 Å². The zero-order valence-electron chi connectivity index (χ0n) is 34.7. The number of unbranched alkanes of at least 4 members (excludes halogenated alkanes) is 24. The molecule has 0 saturated heterocycles. The molecule has 0 bridgehead atoms. The molecule has 1 N–H and O–H groups in total. The molecule has 1 amide bonds. The van der Waals surface area contributed by atoms with Gasteiger partial charge < -0.3 is 24.4 Å². The van der Waals surface area contributed by atoms with Crippen LogP contribution in [0.1, 0.15) is 201 Å². The molecule has 0 atom stereocenters. The van der Waals surface area contributed by atoms with Crippen molar-refractivity contribution in [1.82, 2.24) is 10.2 Å². The van der Waals surface area contributed by atoms with Crippen LogP contribution in [-0.2, 0) is 14.2 Å². The quantitative estimate of drug-likeness (QED) is 0.0503. The van der Waals surface area contributed by atoms with Gasteiger partial charge in [0.1, 0.15) is 0 Å². The maximum atomic E-state index is 12.4. The zero-order valence-corrected chi connectivity index (χ0v) is 34.7. The van der Waals surface area contributed by atoms with Crippen LogP contribution in [0.2, 0.25) is 0 Å². The first-order valence-electron chi connectivity index (χ1n) is 22.2. The molecule has 0 aromatic carbocycles. The van der Waals surface area contributed by atoms with Crippen molar-refractivity contribution >= 4 is 6.09 Å². The van der Waals surface area contributed by atoms with Crippen LogP contribution in [0, 0.1) is 0 Å². The number of carbonyl (C=O) groups is 1. The van der Waals surface area contributed by atoms with Crippen LogP contribution in [0.3, 0.4) is 0 Å². The lowest BCUT2D eigenvalue weighted by Gasteiger charge is -2.19. The summed E-state index contributed by atoms with van der Waals surface area (Å²) in [5.41, 5.74) is 0. The van der Waals surface area contributed by atoms with Crippen LogP contribution in [-0.4, -0.2) is 70.2 Å². The summed E-state index contributed by atoms with van der Waals surface area (Å²) < 4.78 is 17.6. The Morgan fingerprint density at radius 2 is 0.882 bits per heavy atom. The molecule has 0 spiro atoms. The first kappa shape index (κ1) is 49.6. The van der Waals surface area contributed by atoms with Gasteiger partial charge in [-0.2, -0.15) is 0 Å². The van der Waals surface area contributed by atoms with Crippen LogP contribution < -0.4 is 5.32 Å². The van der Waals surface area contributed by atoms with Gasteiger partial charge in [0.2, 0.25) is 0 Å². The Balaban J connectivity index is 3.95. The molecule has 0 fully saturated rings. The fourth-order valence-corrected chi connectivity index (χ4v) is 6.15. The van der Waals surface area contributed by atoms with Crippen LogP contribution >= 0.6 is 0 Å². The normalized spacial score (nSPS) is 12.5. The number of nitrogens with zero attached hydrogens (tertiary/aromatic N) is 1. The molecule has 0 aliphatic rings. The topological polar surface area (TPSA) is 60.0 Å². The monoisotopic (exact) mass is 721 g/mol. The van der Waals surface area contributed by atoms with Gasteiger partial charge in [0.15, 0.2) is 6.10 Å². The molecule has 0 saturated carbocycles. The molecular formula is C45H88N2O4. The van der Waals surface area contributed by atoms with E-state index in [0.29, 0.717) is 33.0 Å². The van der Waals surface area contributed by atoms with Gasteiger partial charge in [-0.3, -0.25) is 0 Å². The summed E-state index contributed by atoms with van der Waals surface area (Å²) in [7, 11) is 2.05. The number of carbonyl (C=O) groups excluding carboxylic acids is 1. The molecule has 0 aromatic heterocycles. The fourth-order valence-electron chi connectivity index (χ4n) is 6.15. The molecule has 0 rings (SSSR count). The van der Waals surface area contributed by atoms with E-state index in [1.807, 2.05) is 7.05 Å². The minimum atomic E-state index is -0.383. The lowest BCUT2D eigenvalue weighted by molar-refractivity contribution is -0.0292. The average Bonchev–Trinajstić information content (AvgIpc) is 3.13. The number of hydrogen-bond acceptors (Lipinski definition) is 5. The number of allylic oxidation sites excluding steroid dienone is 4. The Morgan fingerprint density at radius 3 is 1.25 bits per heavy atom. The summed E-state index contributed by atoms with van der Waals surface area (Å²) in [6.45, 7) is 11.2. The third-order valence-electron chi connectivity index (χ3n) is 9.78. The first-order chi connectivity index (χ1) is 25.1. The van der Waals surface area contributed by atoms with E-state index >= 15 is 0 Å². The Morgan fingerprint density at radius 1 is 0.529 bits per heavy atom. The van der Waals surface area contributed by atoms with E-state index in [1.54, 1.807) is 0 Å². The van der Waals surface area contributed by atoms with E-state index < -0.39 is 0 Å². The Labute approximate surface area is 318 Å². The standard InChI is InChI=1S/C45H88N2O4/c1-5-8-10-12-14-16-18-20-22-24-26-28-30-32-34-36-40-49-42-44(51-45(48)46-38-39-47(4)7-3)43-50-41-37-35-33-31-29-27-25-23-21-19-17-15-13-11-9-6-2/h20-23,44H,5-19,24-43H2,1-4H3,(H,46,48). The molecule has 6 nitrogen and oxygen atoms in total. The Kier molecular flexibility index (Phi) is 41.9. The van der Waals surface area contributed by atoms with Crippen molar-refractivity contribution in [2.24, 2.45) is 0 Å². The maximum Gasteiger partial charge on any atom is 0.407 e. The summed E-state index contributed by atoms with van der Waals surface area (Å²) >= 11 is 0. The van der Waals surface area contributed by atoms with E-state index in [4.69, 9.17) is 14.2 Å². The Hall–Kier alpha value is -1.37. The predicted molar refractivity (Wildman–Crippen MR) is 222 cm³/mol. The average molecular weight is 721 g/mol. The zero-order chi connectivity index (χ0) is 37.1. The molecule has 0 heterocycles. The van der Waals surface area contributed by atoms with Crippen molar-refractivity contribution < 1.29 is 19.0 Å².